The summed E-state index contributed by atoms with van der Waals surface area (Å²) in [6, 6.07) is 12.1. The van der Waals surface area contributed by atoms with Gasteiger partial charge in [-0.3, -0.25) is 9.88 Å². The van der Waals surface area contributed by atoms with E-state index >= 15 is 0 Å². The Bertz CT molecular complexity index is 516. The van der Waals surface area contributed by atoms with Gasteiger partial charge in [-0.05, 0) is 25.2 Å². The fraction of sp³-hybridized carbons (Fsp3) is 0.267. The molecule has 1 atom stereocenters. The van der Waals surface area contributed by atoms with Crippen molar-refractivity contribution < 1.29 is 4.39 Å². The second-order valence-electron chi connectivity index (χ2n) is 4.65. The third-order valence-corrected chi connectivity index (χ3v) is 2.97. The van der Waals surface area contributed by atoms with Gasteiger partial charge in [0.25, 0.3) is 0 Å². The first-order chi connectivity index (χ1) is 9.16. The van der Waals surface area contributed by atoms with Crippen molar-refractivity contribution in [3.8, 4) is 0 Å². The van der Waals surface area contributed by atoms with E-state index in [0.717, 1.165) is 5.69 Å². The average molecular weight is 259 g/mol. The van der Waals surface area contributed by atoms with Crippen molar-refractivity contribution in [3.63, 3.8) is 0 Å². The van der Waals surface area contributed by atoms with Crippen LogP contribution in [0.2, 0.25) is 0 Å². The van der Waals surface area contributed by atoms with Crippen LogP contribution in [0.1, 0.15) is 17.3 Å². The molecule has 100 valence electrons. The number of nitrogens with zero attached hydrogens (tertiary/aromatic N) is 2. The maximum atomic E-state index is 13.6. The van der Waals surface area contributed by atoms with Crippen molar-refractivity contribution in [1.29, 1.82) is 0 Å². The highest BCUT2D eigenvalue weighted by atomic mass is 19.1. The monoisotopic (exact) mass is 259 g/mol. The Labute approximate surface area is 112 Å². The second-order valence-corrected chi connectivity index (χ2v) is 4.65. The number of hydrogen-bond acceptors (Lipinski definition) is 3. The summed E-state index contributed by atoms with van der Waals surface area (Å²) in [7, 11) is 1.95. The predicted octanol–water partition coefficient (Wildman–Crippen LogP) is 2.35. The smallest absolute Gasteiger partial charge is 0.128 e. The lowest BCUT2D eigenvalue weighted by Gasteiger charge is -2.21. The van der Waals surface area contributed by atoms with Gasteiger partial charge in [-0.25, -0.2) is 4.39 Å². The number of hydrogen-bond donors (Lipinski definition) is 1. The maximum absolute atomic E-state index is 13.6. The molecule has 0 fully saturated rings. The molecule has 19 heavy (non-hydrogen) atoms. The fourth-order valence-electron chi connectivity index (χ4n) is 2.04. The van der Waals surface area contributed by atoms with Gasteiger partial charge >= 0.3 is 0 Å². The zero-order valence-corrected chi connectivity index (χ0v) is 11.0. The van der Waals surface area contributed by atoms with Crippen LogP contribution >= 0.6 is 0 Å². The first-order valence-electron chi connectivity index (χ1n) is 6.25. The zero-order chi connectivity index (χ0) is 13.7. The van der Waals surface area contributed by atoms with Crippen molar-refractivity contribution in [2.24, 2.45) is 5.73 Å². The van der Waals surface area contributed by atoms with E-state index in [1.807, 2.05) is 30.1 Å². The number of nitrogens with two attached hydrogens (primary N) is 1. The number of likely N-dealkylation sites (N-methyl/N-ethyl adjacent to an activating group) is 1. The maximum Gasteiger partial charge on any atom is 0.128 e. The molecule has 0 amide bonds. The molecule has 1 heterocycles. The fourth-order valence-corrected chi connectivity index (χ4v) is 2.04. The minimum atomic E-state index is -0.338. The highest BCUT2D eigenvalue weighted by Gasteiger charge is 2.13. The summed E-state index contributed by atoms with van der Waals surface area (Å²) < 4.78 is 13.6. The SMILES string of the molecule is CN(Cc1ccccn1)CC(N)c1ccccc1F. The Hall–Kier alpha value is -1.78. The van der Waals surface area contributed by atoms with Gasteiger partial charge in [0.1, 0.15) is 5.82 Å². The van der Waals surface area contributed by atoms with Crippen LogP contribution in [0.4, 0.5) is 4.39 Å². The molecule has 0 radical (unpaired) electrons. The van der Waals surface area contributed by atoms with Crippen LogP contribution < -0.4 is 5.73 Å². The minimum Gasteiger partial charge on any atom is -0.323 e. The van der Waals surface area contributed by atoms with Gasteiger partial charge in [0.05, 0.1) is 5.69 Å². The molecule has 0 spiro atoms. The van der Waals surface area contributed by atoms with Crippen LogP contribution in [0.15, 0.2) is 48.7 Å². The van der Waals surface area contributed by atoms with Gasteiger partial charge < -0.3 is 5.73 Å². The largest absolute Gasteiger partial charge is 0.323 e. The van der Waals surface area contributed by atoms with E-state index in [2.05, 4.69) is 4.98 Å². The predicted molar refractivity (Wildman–Crippen MR) is 73.9 cm³/mol. The van der Waals surface area contributed by atoms with E-state index in [9.17, 15) is 4.39 Å². The topological polar surface area (TPSA) is 42.2 Å². The summed E-state index contributed by atoms with van der Waals surface area (Å²) in [4.78, 5) is 6.30. The summed E-state index contributed by atoms with van der Waals surface area (Å²) in [6.07, 6.45) is 1.76. The molecule has 2 rings (SSSR count). The van der Waals surface area contributed by atoms with Crippen molar-refractivity contribution in [3.05, 3.63) is 65.7 Å². The lowest BCUT2D eigenvalue weighted by atomic mass is 10.1. The van der Waals surface area contributed by atoms with E-state index in [4.69, 9.17) is 5.73 Å². The highest BCUT2D eigenvalue weighted by Crippen LogP contribution is 2.15. The summed E-state index contributed by atoms with van der Waals surface area (Å²) in [6.45, 7) is 1.28. The first-order valence-corrected chi connectivity index (χ1v) is 6.25. The normalized spacial score (nSPS) is 12.6. The molecular weight excluding hydrogens is 241 g/mol. The van der Waals surface area contributed by atoms with Crippen molar-refractivity contribution in [2.45, 2.75) is 12.6 Å². The van der Waals surface area contributed by atoms with Crippen LogP contribution in [0.5, 0.6) is 0 Å². The molecule has 4 heteroatoms. The van der Waals surface area contributed by atoms with Gasteiger partial charge in [-0.15, -0.1) is 0 Å². The second kappa shape index (κ2) is 6.41. The van der Waals surface area contributed by atoms with Crippen LogP contribution in [-0.2, 0) is 6.54 Å². The van der Waals surface area contributed by atoms with Crippen molar-refractivity contribution >= 4 is 0 Å². The molecule has 0 aliphatic carbocycles. The highest BCUT2D eigenvalue weighted by molar-refractivity contribution is 5.21. The van der Waals surface area contributed by atoms with Crippen LogP contribution in [0.25, 0.3) is 0 Å². The van der Waals surface area contributed by atoms with Gasteiger partial charge in [0, 0.05) is 30.9 Å². The van der Waals surface area contributed by atoms with Crippen molar-refractivity contribution in [1.82, 2.24) is 9.88 Å². The molecule has 0 saturated carbocycles. The lowest BCUT2D eigenvalue weighted by Crippen LogP contribution is -2.29. The number of rotatable bonds is 5. The van der Waals surface area contributed by atoms with Gasteiger partial charge in [-0.2, -0.15) is 0 Å². The molecule has 0 aliphatic rings. The third kappa shape index (κ3) is 3.84. The number of benzene rings is 1. The quantitative estimate of drug-likeness (QED) is 0.896. The molecule has 0 aliphatic heterocycles. The molecule has 2 N–H and O–H groups in total. The van der Waals surface area contributed by atoms with Gasteiger partial charge in [0.15, 0.2) is 0 Å². The number of halogens is 1. The molecule has 1 unspecified atom stereocenters. The van der Waals surface area contributed by atoms with E-state index in [-0.39, 0.29) is 11.9 Å². The molecular formula is C15H18FN3. The molecule has 0 bridgehead atoms. The Morgan fingerprint density at radius 1 is 1.21 bits per heavy atom. The standard InChI is InChI=1S/C15H18FN3/c1-19(10-12-6-4-5-9-18-12)11-15(17)13-7-2-3-8-14(13)16/h2-9,15H,10-11,17H2,1H3. The van der Waals surface area contributed by atoms with Crippen molar-refractivity contribution in [2.75, 3.05) is 13.6 Å². The summed E-state index contributed by atoms with van der Waals surface area (Å²) in [5.41, 5.74) is 7.58. The Morgan fingerprint density at radius 3 is 2.63 bits per heavy atom. The number of pyridine rings is 1. The first kappa shape index (κ1) is 13.6. The Morgan fingerprint density at radius 2 is 1.95 bits per heavy atom. The summed E-state index contributed by atoms with van der Waals surface area (Å²) >= 11 is 0. The molecule has 3 nitrogen and oxygen atoms in total. The van der Waals surface area contributed by atoms with E-state index < -0.39 is 0 Å². The zero-order valence-electron chi connectivity index (χ0n) is 11.0. The molecule has 0 saturated heterocycles. The molecule has 2 aromatic rings. The third-order valence-electron chi connectivity index (χ3n) is 2.97. The molecule has 1 aromatic carbocycles. The van der Waals surface area contributed by atoms with E-state index in [1.165, 1.54) is 6.07 Å². The molecule has 1 aromatic heterocycles. The average Bonchev–Trinajstić information content (AvgIpc) is 2.40. The number of aromatic nitrogens is 1. The van der Waals surface area contributed by atoms with Gasteiger partial charge in [0.2, 0.25) is 0 Å². The van der Waals surface area contributed by atoms with E-state index in [1.54, 1.807) is 24.4 Å². The van der Waals surface area contributed by atoms with Gasteiger partial charge in [-0.1, -0.05) is 24.3 Å². The Balaban J connectivity index is 1.96. The Kier molecular flexibility index (Phi) is 4.60. The van der Waals surface area contributed by atoms with Crippen LogP contribution in [0.3, 0.4) is 0 Å². The van der Waals surface area contributed by atoms with Crippen LogP contribution in [-0.4, -0.2) is 23.5 Å². The van der Waals surface area contributed by atoms with E-state index in [0.29, 0.717) is 18.7 Å². The summed E-state index contributed by atoms with van der Waals surface area (Å²) in [5.74, 6) is -0.249. The lowest BCUT2D eigenvalue weighted by molar-refractivity contribution is 0.299. The summed E-state index contributed by atoms with van der Waals surface area (Å²) in [5, 5.41) is 0. The van der Waals surface area contributed by atoms with Crippen LogP contribution in [0, 0.1) is 5.82 Å². The minimum absolute atomic E-state index is 0.249.